The van der Waals surface area contributed by atoms with Gasteiger partial charge in [-0.15, -0.1) is 0 Å². The largest absolute Gasteiger partial charge is 0.338 e. The molecule has 1 aromatic carbocycles. The van der Waals surface area contributed by atoms with Crippen LogP contribution in [0.1, 0.15) is 5.56 Å². The van der Waals surface area contributed by atoms with Gasteiger partial charge in [-0.3, -0.25) is 10.1 Å². The summed E-state index contributed by atoms with van der Waals surface area (Å²) < 4.78 is 1.74. The molecule has 7 nitrogen and oxygen atoms in total. The van der Waals surface area contributed by atoms with E-state index < -0.39 is 4.92 Å². The molecule has 2 heterocycles. The molecule has 3 aromatic rings. The first kappa shape index (κ1) is 13.7. The number of aromatic nitrogens is 3. The molecule has 7 heteroatoms. The predicted octanol–water partition coefficient (Wildman–Crippen LogP) is 3.23. The Hall–Kier alpha value is -3.22. The summed E-state index contributed by atoms with van der Waals surface area (Å²) in [7, 11) is 0. The number of rotatable bonds is 4. The second kappa shape index (κ2) is 5.65. The number of benzene rings is 1. The zero-order valence-electron chi connectivity index (χ0n) is 11.8. The average Bonchev–Trinajstić information content (AvgIpc) is 2.96. The van der Waals surface area contributed by atoms with E-state index in [1.165, 1.54) is 6.20 Å². The number of nitro groups is 1. The maximum Gasteiger partial charge on any atom is 0.290 e. The van der Waals surface area contributed by atoms with E-state index in [0.717, 1.165) is 11.4 Å². The fourth-order valence-corrected chi connectivity index (χ4v) is 2.07. The summed E-state index contributed by atoms with van der Waals surface area (Å²) in [4.78, 5) is 14.4. The van der Waals surface area contributed by atoms with Gasteiger partial charge >= 0.3 is 0 Å². The lowest BCUT2D eigenvalue weighted by Crippen LogP contribution is -1.97. The maximum atomic E-state index is 10.8. The number of hydrogen-bond donors (Lipinski definition) is 1. The van der Waals surface area contributed by atoms with Crippen LogP contribution >= 0.6 is 0 Å². The van der Waals surface area contributed by atoms with Crippen molar-refractivity contribution < 1.29 is 4.92 Å². The standard InChI is InChI=1S/C15H13N5O2/c1-11-7-15(16-9-14(11)20(21)22)18-12-8-17-19(10-12)13-5-3-2-4-6-13/h2-10H,1H3,(H,16,18). The van der Waals surface area contributed by atoms with Gasteiger partial charge in [0.25, 0.3) is 5.69 Å². The Morgan fingerprint density at radius 3 is 2.68 bits per heavy atom. The van der Waals surface area contributed by atoms with E-state index in [2.05, 4.69) is 15.4 Å². The Balaban J connectivity index is 1.81. The summed E-state index contributed by atoms with van der Waals surface area (Å²) >= 11 is 0. The number of aryl methyl sites for hydroxylation is 1. The Bertz CT molecular complexity index is 814. The molecule has 0 unspecified atom stereocenters. The molecule has 0 aliphatic carbocycles. The lowest BCUT2D eigenvalue weighted by molar-refractivity contribution is -0.385. The van der Waals surface area contributed by atoms with Crippen LogP contribution in [0.5, 0.6) is 0 Å². The fraction of sp³-hybridized carbons (Fsp3) is 0.0667. The molecule has 3 rings (SSSR count). The first-order chi connectivity index (χ1) is 10.6. The van der Waals surface area contributed by atoms with Crippen LogP contribution in [0.4, 0.5) is 17.2 Å². The van der Waals surface area contributed by atoms with Crippen molar-refractivity contribution in [1.29, 1.82) is 0 Å². The molecule has 110 valence electrons. The first-order valence-corrected chi connectivity index (χ1v) is 6.61. The van der Waals surface area contributed by atoms with Crippen LogP contribution in [0.3, 0.4) is 0 Å². The molecule has 22 heavy (non-hydrogen) atoms. The lowest BCUT2D eigenvalue weighted by Gasteiger charge is -2.04. The molecule has 0 amide bonds. The number of hydrogen-bond acceptors (Lipinski definition) is 5. The molecule has 0 saturated heterocycles. The van der Waals surface area contributed by atoms with Gasteiger partial charge in [0.05, 0.1) is 28.7 Å². The van der Waals surface area contributed by atoms with Gasteiger partial charge in [-0.25, -0.2) is 9.67 Å². The highest BCUT2D eigenvalue weighted by Gasteiger charge is 2.11. The molecule has 0 aliphatic heterocycles. The third kappa shape index (κ3) is 2.78. The minimum absolute atomic E-state index is 0.00512. The lowest BCUT2D eigenvalue weighted by atomic mass is 10.2. The van der Waals surface area contributed by atoms with E-state index in [1.54, 1.807) is 23.9 Å². The molecule has 2 aromatic heterocycles. The van der Waals surface area contributed by atoms with Crippen molar-refractivity contribution in [3.63, 3.8) is 0 Å². The summed E-state index contributed by atoms with van der Waals surface area (Å²) in [6, 6.07) is 11.3. The van der Waals surface area contributed by atoms with Crippen LogP contribution in [-0.2, 0) is 0 Å². The smallest absolute Gasteiger partial charge is 0.290 e. The predicted molar refractivity (Wildman–Crippen MR) is 82.5 cm³/mol. The van der Waals surface area contributed by atoms with E-state index >= 15 is 0 Å². The quantitative estimate of drug-likeness (QED) is 0.590. The topological polar surface area (TPSA) is 85.9 Å². The molecule has 1 N–H and O–H groups in total. The molecule has 0 aliphatic rings. The number of anilines is 2. The molecule has 0 atom stereocenters. The summed E-state index contributed by atoms with van der Waals surface area (Å²) in [5.41, 5.74) is 2.26. The Morgan fingerprint density at radius 2 is 2.00 bits per heavy atom. The number of nitrogens with zero attached hydrogens (tertiary/aromatic N) is 4. The zero-order valence-corrected chi connectivity index (χ0v) is 11.8. The van der Waals surface area contributed by atoms with Crippen LogP contribution in [0.25, 0.3) is 5.69 Å². The normalized spacial score (nSPS) is 10.4. The maximum absolute atomic E-state index is 10.8. The minimum Gasteiger partial charge on any atom is -0.338 e. The SMILES string of the molecule is Cc1cc(Nc2cnn(-c3ccccc3)c2)ncc1[N+](=O)[O-]. The number of para-hydroxylation sites is 1. The highest BCUT2D eigenvalue weighted by atomic mass is 16.6. The molecular weight excluding hydrogens is 282 g/mol. The van der Waals surface area contributed by atoms with Gasteiger partial charge in [0.1, 0.15) is 12.0 Å². The Morgan fingerprint density at radius 1 is 1.23 bits per heavy atom. The van der Waals surface area contributed by atoms with Crippen LogP contribution in [0.15, 0.2) is 55.0 Å². The highest BCUT2D eigenvalue weighted by molar-refractivity contribution is 5.57. The zero-order chi connectivity index (χ0) is 15.5. The van der Waals surface area contributed by atoms with Crippen LogP contribution in [0, 0.1) is 17.0 Å². The van der Waals surface area contributed by atoms with Gasteiger partial charge in [0.15, 0.2) is 0 Å². The molecular formula is C15H13N5O2. The van der Waals surface area contributed by atoms with Crippen molar-refractivity contribution in [2.45, 2.75) is 6.92 Å². The van der Waals surface area contributed by atoms with E-state index in [4.69, 9.17) is 0 Å². The van der Waals surface area contributed by atoms with Crippen molar-refractivity contribution in [2.75, 3.05) is 5.32 Å². The first-order valence-electron chi connectivity index (χ1n) is 6.61. The van der Waals surface area contributed by atoms with Gasteiger partial charge in [0.2, 0.25) is 0 Å². The molecule has 0 saturated carbocycles. The third-order valence-corrected chi connectivity index (χ3v) is 3.16. The average molecular weight is 295 g/mol. The van der Waals surface area contributed by atoms with Gasteiger partial charge in [-0.05, 0) is 25.1 Å². The van der Waals surface area contributed by atoms with Crippen molar-refractivity contribution in [3.8, 4) is 5.69 Å². The highest BCUT2D eigenvalue weighted by Crippen LogP contribution is 2.21. The van der Waals surface area contributed by atoms with Crippen molar-refractivity contribution in [2.24, 2.45) is 0 Å². The summed E-state index contributed by atoms with van der Waals surface area (Å²) in [5, 5.41) is 18.1. The summed E-state index contributed by atoms with van der Waals surface area (Å²) in [5.74, 6) is 0.538. The summed E-state index contributed by atoms with van der Waals surface area (Å²) in [6.45, 7) is 1.68. The van der Waals surface area contributed by atoms with E-state index in [-0.39, 0.29) is 5.69 Å². The van der Waals surface area contributed by atoms with Crippen molar-refractivity contribution in [1.82, 2.24) is 14.8 Å². The monoisotopic (exact) mass is 295 g/mol. The van der Waals surface area contributed by atoms with Gasteiger partial charge in [-0.2, -0.15) is 5.10 Å². The Kier molecular flexibility index (Phi) is 3.53. The van der Waals surface area contributed by atoms with Gasteiger partial charge in [0, 0.05) is 5.56 Å². The van der Waals surface area contributed by atoms with Crippen molar-refractivity contribution >= 4 is 17.2 Å². The van der Waals surface area contributed by atoms with Crippen LogP contribution in [-0.4, -0.2) is 19.7 Å². The Labute approximate surface area is 126 Å². The third-order valence-electron chi connectivity index (χ3n) is 3.16. The van der Waals surface area contributed by atoms with Crippen LogP contribution in [0.2, 0.25) is 0 Å². The van der Waals surface area contributed by atoms with Crippen LogP contribution < -0.4 is 5.32 Å². The van der Waals surface area contributed by atoms with Gasteiger partial charge in [-0.1, -0.05) is 18.2 Å². The molecule has 0 fully saturated rings. The fourth-order valence-electron chi connectivity index (χ4n) is 2.07. The van der Waals surface area contributed by atoms with E-state index in [9.17, 15) is 10.1 Å². The number of nitrogens with one attached hydrogen (secondary N) is 1. The van der Waals surface area contributed by atoms with E-state index in [1.807, 2.05) is 36.5 Å². The number of pyridine rings is 1. The minimum atomic E-state index is -0.445. The van der Waals surface area contributed by atoms with E-state index in [0.29, 0.717) is 11.4 Å². The second-order valence-electron chi connectivity index (χ2n) is 4.75. The van der Waals surface area contributed by atoms with Gasteiger partial charge < -0.3 is 5.32 Å². The summed E-state index contributed by atoms with van der Waals surface area (Å²) in [6.07, 6.45) is 4.75. The molecule has 0 radical (unpaired) electrons. The van der Waals surface area contributed by atoms with Crippen molar-refractivity contribution in [3.05, 3.63) is 70.7 Å². The second-order valence-corrected chi connectivity index (χ2v) is 4.75. The molecule has 0 spiro atoms. The molecule has 0 bridgehead atoms.